The Balaban J connectivity index is 0. The van der Waals surface area contributed by atoms with Crippen LogP contribution >= 0.6 is 0 Å². The highest BCUT2D eigenvalue weighted by atomic mass is 14.8. The van der Waals surface area contributed by atoms with Crippen LogP contribution in [0.25, 0.3) is 0 Å². The summed E-state index contributed by atoms with van der Waals surface area (Å²) in [5, 5.41) is 3.31. The zero-order valence-corrected chi connectivity index (χ0v) is 7.95. The minimum atomic E-state index is 0. The molecule has 0 aliphatic rings. The average Bonchev–Trinajstić information content (AvgIpc) is 2.04. The second-order valence-corrected chi connectivity index (χ2v) is 2.91. The van der Waals surface area contributed by atoms with Crippen molar-refractivity contribution in [3.05, 3.63) is 12.2 Å². The summed E-state index contributed by atoms with van der Waals surface area (Å²) in [6, 6.07) is 0. The van der Waals surface area contributed by atoms with E-state index in [2.05, 4.69) is 25.7 Å². The van der Waals surface area contributed by atoms with Crippen LogP contribution < -0.4 is 5.32 Å². The SMILES string of the molecule is C=C(CC)CCCCNCC.[HH]. The van der Waals surface area contributed by atoms with Crippen molar-refractivity contribution in [2.45, 2.75) is 39.5 Å². The van der Waals surface area contributed by atoms with Crippen LogP contribution in [0.4, 0.5) is 0 Å². The summed E-state index contributed by atoms with van der Waals surface area (Å²) < 4.78 is 0. The zero-order chi connectivity index (χ0) is 8.53. The van der Waals surface area contributed by atoms with E-state index in [0.29, 0.717) is 0 Å². The van der Waals surface area contributed by atoms with Gasteiger partial charge in [0.05, 0.1) is 0 Å². The largest absolute Gasteiger partial charge is 0.317 e. The van der Waals surface area contributed by atoms with Crippen molar-refractivity contribution in [1.29, 1.82) is 0 Å². The fourth-order valence-corrected chi connectivity index (χ4v) is 0.979. The lowest BCUT2D eigenvalue weighted by atomic mass is 10.1. The van der Waals surface area contributed by atoms with Crippen LogP contribution in [-0.4, -0.2) is 13.1 Å². The van der Waals surface area contributed by atoms with Crippen molar-refractivity contribution in [2.24, 2.45) is 0 Å². The number of allylic oxidation sites excluding steroid dienone is 1. The minimum absolute atomic E-state index is 0. The van der Waals surface area contributed by atoms with E-state index in [1.807, 2.05) is 0 Å². The quantitative estimate of drug-likeness (QED) is 0.442. The van der Waals surface area contributed by atoms with Crippen LogP contribution in [0.5, 0.6) is 0 Å². The molecule has 0 aliphatic carbocycles. The third kappa shape index (κ3) is 7.60. The summed E-state index contributed by atoms with van der Waals surface area (Å²) in [7, 11) is 0. The molecular weight excluding hydrogens is 134 g/mol. The molecular formula is C10H23N. The van der Waals surface area contributed by atoms with Crippen molar-refractivity contribution in [2.75, 3.05) is 13.1 Å². The average molecular weight is 157 g/mol. The Morgan fingerprint density at radius 3 is 2.64 bits per heavy atom. The monoisotopic (exact) mass is 157 g/mol. The van der Waals surface area contributed by atoms with Gasteiger partial charge in [-0.1, -0.05) is 26.0 Å². The molecule has 0 bridgehead atoms. The molecule has 0 fully saturated rings. The van der Waals surface area contributed by atoms with Crippen LogP contribution in [0, 0.1) is 0 Å². The molecule has 0 aromatic heterocycles. The third-order valence-corrected chi connectivity index (χ3v) is 1.88. The Morgan fingerprint density at radius 1 is 1.36 bits per heavy atom. The van der Waals surface area contributed by atoms with Crippen LogP contribution in [0.1, 0.15) is 41.0 Å². The summed E-state index contributed by atoms with van der Waals surface area (Å²) in [5.74, 6) is 0. The second kappa shape index (κ2) is 7.80. The van der Waals surface area contributed by atoms with Crippen LogP contribution in [0.15, 0.2) is 12.2 Å². The molecule has 0 atom stereocenters. The first-order chi connectivity index (χ1) is 5.31. The molecule has 68 valence electrons. The Hall–Kier alpha value is -0.300. The van der Waals surface area contributed by atoms with E-state index < -0.39 is 0 Å². The molecule has 1 nitrogen and oxygen atoms in total. The van der Waals surface area contributed by atoms with Gasteiger partial charge in [0.15, 0.2) is 0 Å². The van der Waals surface area contributed by atoms with E-state index >= 15 is 0 Å². The van der Waals surface area contributed by atoms with E-state index in [1.54, 1.807) is 0 Å². The summed E-state index contributed by atoms with van der Waals surface area (Å²) in [4.78, 5) is 0. The number of hydrogen-bond donors (Lipinski definition) is 1. The van der Waals surface area contributed by atoms with E-state index in [9.17, 15) is 0 Å². The van der Waals surface area contributed by atoms with E-state index in [-0.39, 0.29) is 1.43 Å². The molecule has 0 aromatic carbocycles. The van der Waals surface area contributed by atoms with E-state index in [1.165, 1.54) is 24.8 Å². The Bertz CT molecular complexity index is 102. The van der Waals surface area contributed by atoms with Gasteiger partial charge in [-0.2, -0.15) is 0 Å². The molecule has 0 saturated carbocycles. The molecule has 0 saturated heterocycles. The molecule has 0 aliphatic heterocycles. The molecule has 11 heavy (non-hydrogen) atoms. The number of rotatable bonds is 7. The van der Waals surface area contributed by atoms with Gasteiger partial charge in [0, 0.05) is 1.43 Å². The van der Waals surface area contributed by atoms with Crippen LogP contribution in [0.2, 0.25) is 0 Å². The first kappa shape index (κ1) is 10.7. The molecule has 0 amide bonds. The minimum Gasteiger partial charge on any atom is -0.317 e. The van der Waals surface area contributed by atoms with E-state index in [4.69, 9.17) is 0 Å². The smallest absolute Gasteiger partial charge is 0 e. The predicted octanol–water partition coefficient (Wildman–Crippen LogP) is 2.98. The summed E-state index contributed by atoms with van der Waals surface area (Å²) >= 11 is 0. The lowest BCUT2D eigenvalue weighted by Gasteiger charge is -2.02. The first-order valence-corrected chi connectivity index (χ1v) is 4.68. The molecule has 0 radical (unpaired) electrons. The molecule has 0 rings (SSSR count). The molecule has 1 N–H and O–H groups in total. The lowest BCUT2D eigenvalue weighted by Crippen LogP contribution is -2.13. The number of hydrogen-bond acceptors (Lipinski definition) is 1. The highest BCUT2D eigenvalue weighted by Gasteiger charge is 1.90. The highest BCUT2D eigenvalue weighted by Crippen LogP contribution is 2.07. The Morgan fingerprint density at radius 2 is 2.09 bits per heavy atom. The molecule has 0 heterocycles. The fraction of sp³-hybridized carbons (Fsp3) is 0.800. The summed E-state index contributed by atoms with van der Waals surface area (Å²) in [5.41, 5.74) is 1.39. The highest BCUT2D eigenvalue weighted by molar-refractivity contribution is 4.91. The maximum atomic E-state index is 3.97. The fourth-order valence-electron chi connectivity index (χ4n) is 0.979. The van der Waals surface area contributed by atoms with Crippen molar-refractivity contribution in [3.63, 3.8) is 0 Å². The normalized spacial score (nSPS) is 10.0. The van der Waals surface area contributed by atoms with Gasteiger partial charge in [0.2, 0.25) is 0 Å². The third-order valence-electron chi connectivity index (χ3n) is 1.88. The Labute approximate surface area is 72.4 Å². The van der Waals surface area contributed by atoms with E-state index in [0.717, 1.165) is 19.5 Å². The number of unbranched alkanes of at least 4 members (excludes halogenated alkanes) is 1. The van der Waals surface area contributed by atoms with Crippen LogP contribution in [-0.2, 0) is 0 Å². The second-order valence-electron chi connectivity index (χ2n) is 2.91. The van der Waals surface area contributed by atoms with Gasteiger partial charge in [-0.3, -0.25) is 0 Å². The summed E-state index contributed by atoms with van der Waals surface area (Å²) in [6.45, 7) is 10.5. The molecule has 0 aromatic rings. The van der Waals surface area contributed by atoms with Gasteiger partial charge in [-0.15, -0.1) is 0 Å². The van der Waals surface area contributed by atoms with Gasteiger partial charge < -0.3 is 5.32 Å². The van der Waals surface area contributed by atoms with Gasteiger partial charge >= 0.3 is 0 Å². The van der Waals surface area contributed by atoms with Crippen molar-refractivity contribution < 1.29 is 1.43 Å². The molecule has 0 unspecified atom stereocenters. The van der Waals surface area contributed by atoms with Gasteiger partial charge in [0.25, 0.3) is 0 Å². The van der Waals surface area contributed by atoms with Crippen molar-refractivity contribution in [3.8, 4) is 0 Å². The van der Waals surface area contributed by atoms with Gasteiger partial charge in [0.1, 0.15) is 0 Å². The summed E-state index contributed by atoms with van der Waals surface area (Å²) in [6.07, 6.45) is 4.93. The molecule has 1 heteroatoms. The maximum Gasteiger partial charge on any atom is 0 e. The zero-order valence-electron chi connectivity index (χ0n) is 7.95. The standard InChI is InChI=1S/C10H21N.H2/c1-4-10(3)8-6-7-9-11-5-2;/h11H,3-9H2,1-2H3;1H. The van der Waals surface area contributed by atoms with Crippen LogP contribution in [0.3, 0.4) is 0 Å². The topological polar surface area (TPSA) is 12.0 Å². The van der Waals surface area contributed by atoms with Gasteiger partial charge in [-0.05, 0) is 38.8 Å². The number of nitrogens with one attached hydrogen (secondary N) is 1. The lowest BCUT2D eigenvalue weighted by molar-refractivity contribution is 0.635. The maximum absolute atomic E-state index is 3.97. The first-order valence-electron chi connectivity index (χ1n) is 4.68. The van der Waals surface area contributed by atoms with Gasteiger partial charge in [-0.25, -0.2) is 0 Å². The predicted molar refractivity (Wildman–Crippen MR) is 53.9 cm³/mol. The molecule has 0 spiro atoms. The van der Waals surface area contributed by atoms with Crippen molar-refractivity contribution >= 4 is 0 Å². The Kier molecular flexibility index (Phi) is 7.59. The van der Waals surface area contributed by atoms with Crippen molar-refractivity contribution in [1.82, 2.24) is 5.32 Å².